The Bertz CT molecular complexity index is 387. The van der Waals surface area contributed by atoms with Crippen molar-refractivity contribution in [2.45, 2.75) is 44.8 Å². The van der Waals surface area contributed by atoms with Crippen LogP contribution < -0.4 is 5.73 Å². The molecule has 1 aromatic carbocycles. The van der Waals surface area contributed by atoms with Crippen LogP contribution in [0.2, 0.25) is 0 Å². The normalized spacial score (nSPS) is 13.7. The monoisotopic (exact) mass is 263 g/mol. The highest BCUT2D eigenvalue weighted by molar-refractivity contribution is 5.28. The van der Waals surface area contributed by atoms with Gasteiger partial charge in [-0.05, 0) is 24.1 Å². The van der Waals surface area contributed by atoms with Gasteiger partial charge in [0.25, 0.3) is 0 Å². The topological polar surface area (TPSA) is 26.0 Å². The van der Waals surface area contributed by atoms with Crippen LogP contribution in [0.3, 0.4) is 0 Å². The highest BCUT2D eigenvalue weighted by Gasteiger charge is 2.34. The number of hydrogen-bond acceptors (Lipinski definition) is 1. The minimum atomic E-state index is -4.66. The van der Waals surface area contributed by atoms with E-state index < -0.39 is 23.6 Å². The molecule has 0 unspecified atom stereocenters. The highest BCUT2D eigenvalue weighted by Crippen LogP contribution is 2.32. The maximum absolute atomic E-state index is 13.3. The standard InChI is InChI=1S/C13H17F4N/c1-2-3-4-5-12(18)9-6-7-10(11(14)8-9)13(15,16)17/h6-8,12H,2-5,18H2,1H3/t12-/m1/s1. The van der Waals surface area contributed by atoms with Crippen LogP contribution >= 0.6 is 0 Å². The summed E-state index contributed by atoms with van der Waals surface area (Å²) in [7, 11) is 0. The molecule has 0 bridgehead atoms. The van der Waals surface area contributed by atoms with E-state index in [2.05, 4.69) is 0 Å². The van der Waals surface area contributed by atoms with Crippen LogP contribution in [0, 0.1) is 5.82 Å². The maximum atomic E-state index is 13.3. The number of alkyl halides is 3. The van der Waals surface area contributed by atoms with Crippen molar-refractivity contribution in [1.82, 2.24) is 0 Å². The van der Waals surface area contributed by atoms with Gasteiger partial charge in [-0.3, -0.25) is 0 Å². The molecule has 0 fully saturated rings. The molecule has 1 nitrogen and oxygen atoms in total. The Kier molecular flexibility index (Phi) is 5.14. The molecule has 18 heavy (non-hydrogen) atoms. The molecule has 5 heteroatoms. The average Bonchev–Trinajstić information content (AvgIpc) is 2.27. The second kappa shape index (κ2) is 6.18. The first-order chi connectivity index (χ1) is 8.36. The minimum absolute atomic E-state index is 0.409. The largest absolute Gasteiger partial charge is 0.419 e. The van der Waals surface area contributed by atoms with Crippen molar-refractivity contribution >= 4 is 0 Å². The first-order valence-electron chi connectivity index (χ1n) is 5.98. The lowest BCUT2D eigenvalue weighted by molar-refractivity contribution is -0.140. The molecule has 0 spiro atoms. The Balaban J connectivity index is 2.78. The van der Waals surface area contributed by atoms with Gasteiger partial charge in [-0.1, -0.05) is 32.3 Å². The van der Waals surface area contributed by atoms with E-state index in [1.165, 1.54) is 6.07 Å². The van der Waals surface area contributed by atoms with Gasteiger partial charge in [0.05, 0.1) is 5.56 Å². The fourth-order valence-corrected chi connectivity index (χ4v) is 1.77. The average molecular weight is 263 g/mol. The fraction of sp³-hybridized carbons (Fsp3) is 0.538. The van der Waals surface area contributed by atoms with Gasteiger partial charge < -0.3 is 5.73 Å². The van der Waals surface area contributed by atoms with E-state index in [1.807, 2.05) is 6.92 Å². The summed E-state index contributed by atoms with van der Waals surface area (Å²) < 4.78 is 50.4. The summed E-state index contributed by atoms with van der Waals surface area (Å²) in [6.07, 6.45) is -1.07. The summed E-state index contributed by atoms with van der Waals surface area (Å²) >= 11 is 0. The zero-order chi connectivity index (χ0) is 13.8. The number of unbranched alkanes of at least 4 members (excludes halogenated alkanes) is 2. The van der Waals surface area contributed by atoms with E-state index in [1.54, 1.807) is 0 Å². The molecule has 0 saturated carbocycles. The lowest BCUT2D eigenvalue weighted by Crippen LogP contribution is -2.13. The van der Waals surface area contributed by atoms with Gasteiger partial charge in [0.2, 0.25) is 0 Å². The molecular formula is C13H17F4N. The quantitative estimate of drug-likeness (QED) is 0.617. The number of halogens is 4. The summed E-state index contributed by atoms with van der Waals surface area (Å²) in [5, 5.41) is 0. The van der Waals surface area contributed by atoms with Gasteiger partial charge in [0.1, 0.15) is 5.82 Å². The van der Waals surface area contributed by atoms with Crippen molar-refractivity contribution < 1.29 is 17.6 Å². The molecule has 0 radical (unpaired) electrons. The fourth-order valence-electron chi connectivity index (χ4n) is 1.77. The van der Waals surface area contributed by atoms with E-state index in [0.29, 0.717) is 12.0 Å². The van der Waals surface area contributed by atoms with E-state index >= 15 is 0 Å². The van der Waals surface area contributed by atoms with E-state index in [0.717, 1.165) is 31.4 Å². The van der Waals surface area contributed by atoms with E-state index in [-0.39, 0.29) is 0 Å². The van der Waals surface area contributed by atoms with Crippen LogP contribution in [0.5, 0.6) is 0 Å². The lowest BCUT2D eigenvalue weighted by atomic mass is 9.99. The summed E-state index contributed by atoms with van der Waals surface area (Å²) in [5.74, 6) is -1.26. The molecule has 0 aliphatic heterocycles. The maximum Gasteiger partial charge on any atom is 0.419 e. The molecule has 1 rings (SSSR count). The third-order valence-corrected chi connectivity index (χ3v) is 2.85. The molecule has 0 aliphatic rings. The predicted octanol–water partition coefficient (Wildman–Crippen LogP) is 4.42. The van der Waals surface area contributed by atoms with Crippen molar-refractivity contribution in [3.05, 3.63) is 35.1 Å². The van der Waals surface area contributed by atoms with Gasteiger partial charge in [-0.2, -0.15) is 13.2 Å². The molecule has 0 amide bonds. The van der Waals surface area contributed by atoms with Crippen LogP contribution in [-0.2, 0) is 6.18 Å². The van der Waals surface area contributed by atoms with Gasteiger partial charge in [-0.15, -0.1) is 0 Å². The van der Waals surface area contributed by atoms with Gasteiger partial charge in [-0.25, -0.2) is 4.39 Å². The van der Waals surface area contributed by atoms with Gasteiger partial charge >= 0.3 is 6.18 Å². The molecule has 0 heterocycles. The van der Waals surface area contributed by atoms with Gasteiger partial charge in [0.15, 0.2) is 0 Å². The molecule has 102 valence electrons. The number of rotatable bonds is 5. The van der Waals surface area contributed by atoms with Crippen molar-refractivity contribution in [2.75, 3.05) is 0 Å². The first-order valence-corrected chi connectivity index (χ1v) is 5.98. The number of benzene rings is 1. The molecule has 0 aromatic heterocycles. The predicted molar refractivity (Wildman–Crippen MR) is 62.5 cm³/mol. The third-order valence-electron chi connectivity index (χ3n) is 2.85. The van der Waals surface area contributed by atoms with Crippen LogP contribution in [-0.4, -0.2) is 0 Å². The number of nitrogens with two attached hydrogens (primary N) is 1. The van der Waals surface area contributed by atoms with Crippen molar-refractivity contribution in [1.29, 1.82) is 0 Å². The third kappa shape index (κ3) is 3.98. The van der Waals surface area contributed by atoms with Gasteiger partial charge in [0, 0.05) is 6.04 Å². The summed E-state index contributed by atoms with van der Waals surface area (Å²) in [6, 6.07) is 2.49. The van der Waals surface area contributed by atoms with Crippen LogP contribution in [0.25, 0.3) is 0 Å². The molecule has 0 saturated heterocycles. The van der Waals surface area contributed by atoms with Crippen LogP contribution in [0.1, 0.15) is 49.8 Å². The summed E-state index contributed by atoms with van der Waals surface area (Å²) in [5.41, 5.74) is 4.99. The zero-order valence-corrected chi connectivity index (χ0v) is 10.2. The number of hydrogen-bond donors (Lipinski definition) is 1. The molecular weight excluding hydrogens is 246 g/mol. The Labute approximate surface area is 104 Å². The SMILES string of the molecule is CCCCC[C@@H](N)c1ccc(C(F)(F)F)c(F)c1. The van der Waals surface area contributed by atoms with Crippen molar-refractivity contribution in [3.63, 3.8) is 0 Å². The van der Waals surface area contributed by atoms with Crippen LogP contribution in [0.15, 0.2) is 18.2 Å². The summed E-state index contributed by atoms with van der Waals surface area (Å²) in [6.45, 7) is 2.04. The Morgan fingerprint density at radius 1 is 1.22 bits per heavy atom. The van der Waals surface area contributed by atoms with Crippen LogP contribution in [0.4, 0.5) is 17.6 Å². The van der Waals surface area contributed by atoms with Crippen molar-refractivity contribution in [2.24, 2.45) is 5.73 Å². The molecule has 2 N–H and O–H groups in total. The molecule has 0 aliphatic carbocycles. The Hall–Kier alpha value is -1.10. The lowest BCUT2D eigenvalue weighted by Gasteiger charge is -2.14. The van der Waals surface area contributed by atoms with E-state index in [4.69, 9.17) is 5.73 Å². The Morgan fingerprint density at radius 3 is 2.39 bits per heavy atom. The van der Waals surface area contributed by atoms with E-state index in [9.17, 15) is 17.6 Å². The Morgan fingerprint density at radius 2 is 1.89 bits per heavy atom. The first kappa shape index (κ1) is 15.0. The smallest absolute Gasteiger partial charge is 0.324 e. The zero-order valence-electron chi connectivity index (χ0n) is 10.2. The highest BCUT2D eigenvalue weighted by atomic mass is 19.4. The molecule has 1 atom stereocenters. The second-order valence-electron chi connectivity index (χ2n) is 4.34. The minimum Gasteiger partial charge on any atom is -0.324 e. The summed E-state index contributed by atoms with van der Waals surface area (Å²) in [4.78, 5) is 0. The molecule has 1 aromatic rings. The van der Waals surface area contributed by atoms with Crippen molar-refractivity contribution in [3.8, 4) is 0 Å². The second-order valence-corrected chi connectivity index (χ2v) is 4.34.